The van der Waals surface area contributed by atoms with Crippen LogP contribution in [0.1, 0.15) is 46.9 Å². The van der Waals surface area contributed by atoms with Crippen LogP contribution in [0.15, 0.2) is 36.5 Å². The van der Waals surface area contributed by atoms with Crippen molar-refractivity contribution in [2.75, 3.05) is 33.8 Å². The van der Waals surface area contributed by atoms with Crippen LogP contribution in [0, 0.1) is 6.92 Å². The molecule has 1 aliphatic rings. The molecule has 7 nitrogen and oxygen atoms in total. The number of aromatic hydroxyl groups is 1. The molecule has 32 heavy (non-hydrogen) atoms. The first-order valence-corrected chi connectivity index (χ1v) is 11.0. The van der Waals surface area contributed by atoms with Crippen molar-refractivity contribution >= 4 is 16.9 Å². The highest BCUT2D eigenvalue weighted by Gasteiger charge is 2.29. The maximum Gasteiger partial charge on any atom is 0.339 e. The van der Waals surface area contributed by atoms with Crippen LogP contribution in [0.25, 0.3) is 10.9 Å². The van der Waals surface area contributed by atoms with Gasteiger partial charge in [0.2, 0.25) is 0 Å². The number of aromatic carboxylic acids is 1. The highest BCUT2D eigenvalue weighted by molar-refractivity contribution is 5.91. The molecule has 0 bridgehead atoms. The van der Waals surface area contributed by atoms with E-state index >= 15 is 0 Å². The number of aromatic nitrogens is 1. The molecule has 3 N–H and O–H groups in total. The number of rotatable bonds is 5. The molecule has 2 aromatic carbocycles. The summed E-state index contributed by atoms with van der Waals surface area (Å²) in [5, 5.41) is 20.6. The van der Waals surface area contributed by atoms with Gasteiger partial charge in [-0.3, -0.25) is 4.90 Å². The molecule has 0 aliphatic carbocycles. The number of carboxylic acid groups (broad SMARTS) is 1. The summed E-state index contributed by atoms with van der Waals surface area (Å²) in [6.07, 6.45) is 1.95. The number of H-pyrrole nitrogens is 1. The molecule has 1 saturated heterocycles. The Morgan fingerprint density at radius 3 is 2.62 bits per heavy atom. The van der Waals surface area contributed by atoms with E-state index in [0.717, 1.165) is 53.0 Å². The van der Waals surface area contributed by atoms with Crippen molar-refractivity contribution in [1.82, 2.24) is 14.8 Å². The molecule has 1 aliphatic heterocycles. The second kappa shape index (κ2) is 10.1. The lowest BCUT2D eigenvalue weighted by molar-refractivity contribution is 0.0692. The Bertz CT molecular complexity index is 1090. The Kier molecular flexibility index (Phi) is 7.43. The molecular formula is C25H33N3O4. The van der Waals surface area contributed by atoms with Crippen LogP contribution in [0.5, 0.6) is 11.5 Å². The maximum absolute atomic E-state index is 11.3. The van der Waals surface area contributed by atoms with Gasteiger partial charge in [0.05, 0.1) is 7.11 Å². The van der Waals surface area contributed by atoms with Crippen molar-refractivity contribution in [2.45, 2.75) is 33.4 Å². The number of benzene rings is 2. The summed E-state index contributed by atoms with van der Waals surface area (Å²) in [5.41, 5.74) is 4.20. The van der Waals surface area contributed by atoms with Gasteiger partial charge in [-0.2, -0.15) is 0 Å². The molecule has 0 radical (unpaired) electrons. The molecule has 0 saturated carbocycles. The fourth-order valence-corrected chi connectivity index (χ4v) is 4.38. The third-order valence-corrected chi connectivity index (χ3v) is 6.02. The van der Waals surface area contributed by atoms with E-state index in [4.69, 9.17) is 4.74 Å². The number of aryl methyl sites for hydroxylation is 1. The smallest absolute Gasteiger partial charge is 0.339 e. The Morgan fingerprint density at radius 2 is 1.97 bits per heavy atom. The zero-order valence-electron chi connectivity index (χ0n) is 19.5. The van der Waals surface area contributed by atoms with Crippen molar-refractivity contribution in [3.05, 3.63) is 58.8 Å². The van der Waals surface area contributed by atoms with E-state index in [-0.39, 0.29) is 17.4 Å². The fourth-order valence-electron chi connectivity index (χ4n) is 4.38. The van der Waals surface area contributed by atoms with E-state index in [9.17, 15) is 15.0 Å². The second-order valence-electron chi connectivity index (χ2n) is 7.97. The van der Waals surface area contributed by atoms with Gasteiger partial charge in [-0.05, 0) is 49.4 Å². The molecule has 4 rings (SSSR count). The summed E-state index contributed by atoms with van der Waals surface area (Å²) in [7, 11) is 3.77. The van der Waals surface area contributed by atoms with Crippen LogP contribution in [0.3, 0.4) is 0 Å². The highest BCUT2D eigenvalue weighted by Crippen LogP contribution is 2.35. The average Bonchev–Trinajstić information content (AvgIpc) is 3.28. The number of likely N-dealkylation sites (N-methyl/N-ethyl adjacent to an activating group) is 1. The second-order valence-corrected chi connectivity index (χ2v) is 7.97. The van der Waals surface area contributed by atoms with Crippen molar-refractivity contribution in [2.24, 2.45) is 0 Å². The van der Waals surface area contributed by atoms with Crippen LogP contribution in [0.4, 0.5) is 0 Å². The molecule has 3 aromatic rings. The zero-order valence-corrected chi connectivity index (χ0v) is 19.5. The average molecular weight is 440 g/mol. The largest absolute Gasteiger partial charge is 0.507 e. The number of carbonyl (C=O) groups is 1. The van der Waals surface area contributed by atoms with Gasteiger partial charge in [-0.1, -0.05) is 19.9 Å². The minimum absolute atomic E-state index is 0.0255. The van der Waals surface area contributed by atoms with Crippen molar-refractivity contribution < 1.29 is 19.7 Å². The normalized spacial score (nSPS) is 17.1. The molecule has 0 amide bonds. The number of fused-ring (bicyclic) bond motifs is 1. The predicted molar refractivity (Wildman–Crippen MR) is 127 cm³/mol. The number of hydrogen-bond acceptors (Lipinski definition) is 5. The fraction of sp³-hybridized carbons (Fsp3) is 0.400. The summed E-state index contributed by atoms with van der Waals surface area (Å²) in [6, 6.07) is 9.04. The number of phenols is 1. The molecule has 1 fully saturated rings. The highest BCUT2D eigenvalue weighted by atomic mass is 16.5. The van der Waals surface area contributed by atoms with Crippen LogP contribution in [-0.4, -0.2) is 64.8 Å². The van der Waals surface area contributed by atoms with Gasteiger partial charge in [0, 0.05) is 54.9 Å². The molecule has 172 valence electrons. The number of nitrogens with zero attached hydrogens (tertiary/aromatic N) is 2. The number of methoxy groups -OCH3 is 1. The lowest BCUT2D eigenvalue weighted by atomic mass is 9.98. The SMILES string of the molecule is CC.COc1cc(C)c2[nH]ccc2c1CN1CCN(C)CC1c1ccc(C(=O)O)c(O)c1. The molecule has 2 heterocycles. The number of piperazine rings is 1. The van der Waals surface area contributed by atoms with Gasteiger partial charge < -0.3 is 24.8 Å². The quantitative estimate of drug-likeness (QED) is 0.546. The maximum atomic E-state index is 11.3. The lowest BCUT2D eigenvalue weighted by Crippen LogP contribution is -2.46. The molecule has 7 heteroatoms. The van der Waals surface area contributed by atoms with Gasteiger partial charge in [-0.15, -0.1) is 0 Å². The molecular weight excluding hydrogens is 406 g/mol. The molecule has 1 atom stereocenters. The van der Waals surface area contributed by atoms with E-state index in [0.29, 0.717) is 6.54 Å². The minimum Gasteiger partial charge on any atom is -0.507 e. The molecule has 1 aromatic heterocycles. The monoisotopic (exact) mass is 439 g/mol. The zero-order chi connectivity index (χ0) is 23.4. The summed E-state index contributed by atoms with van der Waals surface area (Å²) in [6.45, 7) is 9.33. The first-order chi connectivity index (χ1) is 15.4. The summed E-state index contributed by atoms with van der Waals surface area (Å²) in [4.78, 5) is 19.2. The standard InChI is InChI=1S/C23H27N3O4.C2H6/c1-14-10-21(30-3)18(16-6-7-24-22(14)16)12-26-9-8-25(2)13-19(26)15-4-5-17(23(28)29)20(27)11-15;1-2/h4-7,10-11,19,24,27H,8-9,12-13H2,1-3H3,(H,28,29);1-2H3. The first-order valence-electron chi connectivity index (χ1n) is 11.0. The topological polar surface area (TPSA) is 89.0 Å². The van der Waals surface area contributed by atoms with Gasteiger partial charge >= 0.3 is 5.97 Å². The van der Waals surface area contributed by atoms with Crippen molar-refractivity contribution in [1.29, 1.82) is 0 Å². The number of carboxylic acids is 1. The number of hydrogen-bond donors (Lipinski definition) is 3. The summed E-state index contributed by atoms with van der Waals surface area (Å²) >= 11 is 0. The Hall–Kier alpha value is -3.03. The molecule has 1 unspecified atom stereocenters. The van der Waals surface area contributed by atoms with Crippen molar-refractivity contribution in [3.63, 3.8) is 0 Å². The van der Waals surface area contributed by atoms with Crippen LogP contribution in [0.2, 0.25) is 0 Å². The molecule has 0 spiro atoms. The summed E-state index contributed by atoms with van der Waals surface area (Å²) < 4.78 is 5.71. The predicted octanol–water partition coefficient (Wildman–Crippen LogP) is 4.40. The Balaban J connectivity index is 0.00000141. The van der Waals surface area contributed by atoms with Crippen LogP contribution >= 0.6 is 0 Å². The third kappa shape index (κ3) is 4.59. The Labute approximate surface area is 189 Å². The van der Waals surface area contributed by atoms with Gasteiger partial charge in [0.1, 0.15) is 17.1 Å². The minimum atomic E-state index is -1.13. The van der Waals surface area contributed by atoms with E-state index < -0.39 is 5.97 Å². The number of aromatic amines is 1. The van der Waals surface area contributed by atoms with E-state index in [2.05, 4.69) is 40.9 Å². The third-order valence-electron chi connectivity index (χ3n) is 6.02. The van der Waals surface area contributed by atoms with Crippen molar-refractivity contribution in [3.8, 4) is 11.5 Å². The first kappa shape index (κ1) is 23.6. The van der Waals surface area contributed by atoms with E-state index in [1.54, 1.807) is 19.2 Å². The van der Waals surface area contributed by atoms with Gasteiger partial charge in [-0.25, -0.2) is 4.79 Å². The van der Waals surface area contributed by atoms with Crippen LogP contribution < -0.4 is 4.74 Å². The van der Waals surface area contributed by atoms with E-state index in [1.807, 2.05) is 20.0 Å². The Morgan fingerprint density at radius 1 is 1.22 bits per heavy atom. The number of ether oxygens (including phenoxy) is 1. The lowest BCUT2D eigenvalue weighted by Gasteiger charge is -2.40. The van der Waals surface area contributed by atoms with Gasteiger partial charge in [0.25, 0.3) is 0 Å². The summed E-state index contributed by atoms with van der Waals surface area (Å²) in [5.74, 6) is -0.466. The van der Waals surface area contributed by atoms with Gasteiger partial charge in [0.15, 0.2) is 0 Å². The van der Waals surface area contributed by atoms with E-state index in [1.165, 1.54) is 6.07 Å². The number of nitrogens with one attached hydrogen (secondary N) is 1. The van der Waals surface area contributed by atoms with Crippen LogP contribution in [-0.2, 0) is 6.54 Å².